The molecule has 1 unspecified atom stereocenters. The Bertz CT molecular complexity index is 888. The zero-order valence-corrected chi connectivity index (χ0v) is 13.9. The van der Waals surface area contributed by atoms with Crippen LogP contribution in [0, 0.1) is 5.82 Å². The summed E-state index contributed by atoms with van der Waals surface area (Å²) < 4.78 is 23.9. The van der Waals surface area contributed by atoms with Crippen LogP contribution in [0.2, 0.25) is 0 Å². The number of amides is 1. The van der Waals surface area contributed by atoms with Gasteiger partial charge in [-0.25, -0.2) is 4.39 Å². The van der Waals surface area contributed by atoms with Crippen molar-refractivity contribution in [1.29, 1.82) is 0 Å². The number of ether oxygens (including phenoxy) is 1. The lowest BCUT2D eigenvalue weighted by atomic mass is 10.1. The molecule has 0 radical (unpaired) electrons. The average molecular weight is 343 g/mol. The monoisotopic (exact) mass is 343 g/mol. The number of aliphatic hydroxyl groups is 1. The number of aliphatic hydroxyl groups excluding tert-OH is 1. The lowest BCUT2D eigenvalue weighted by Crippen LogP contribution is -2.33. The van der Waals surface area contributed by atoms with Crippen molar-refractivity contribution in [2.45, 2.75) is 6.04 Å². The highest BCUT2D eigenvalue weighted by atomic mass is 19.1. The molecule has 1 amide bonds. The van der Waals surface area contributed by atoms with E-state index in [1.165, 1.54) is 29.2 Å². The summed E-state index contributed by atoms with van der Waals surface area (Å²) in [4.78, 5) is 14.1. The Morgan fingerprint density at radius 2 is 1.96 bits per heavy atom. The van der Waals surface area contributed by atoms with E-state index in [2.05, 4.69) is 0 Å². The van der Waals surface area contributed by atoms with E-state index in [9.17, 15) is 14.3 Å². The van der Waals surface area contributed by atoms with Crippen molar-refractivity contribution >= 4 is 16.9 Å². The number of hydrogen-bond acceptors (Lipinski definition) is 4. The van der Waals surface area contributed by atoms with E-state index < -0.39 is 17.8 Å². The summed E-state index contributed by atoms with van der Waals surface area (Å²) in [5.74, 6) is -0.0117. The summed E-state index contributed by atoms with van der Waals surface area (Å²) in [6, 6.07) is 12.1. The summed E-state index contributed by atoms with van der Waals surface area (Å²) in [5, 5.41) is 10.3. The van der Waals surface area contributed by atoms with Crippen LogP contribution >= 0.6 is 0 Å². The molecule has 0 bridgehead atoms. The van der Waals surface area contributed by atoms with Crippen LogP contribution in [0.15, 0.2) is 52.9 Å². The van der Waals surface area contributed by atoms with Crippen LogP contribution in [0.25, 0.3) is 11.0 Å². The lowest BCUT2D eigenvalue weighted by Gasteiger charge is -2.26. The fourth-order valence-electron chi connectivity index (χ4n) is 2.71. The van der Waals surface area contributed by atoms with E-state index in [4.69, 9.17) is 9.15 Å². The van der Waals surface area contributed by atoms with Gasteiger partial charge in [-0.2, -0.15) is 0 Å². The number of hydrogen-bond donors (Lipinski definition) is 1. The Hall–Kier alpha value is -2.86. The van der Waals surface area contributed by atoms with Crippen molar-refractivity contribution in [3.8, 4) is 5.75 Å². The zero-order chi connectivity index (χ0) is 18.0. The molecule has 2 aromatic carbocycles. The summed E-state index contributed by atoms with van der Waals surface area (Å²) in [5.41, 5.74) is 1.20. The molecule has 3 aromatic rings. The molecular formula is C19H18FNO4. The van der Waals surface area contributed by atoms with Crippen LogP contribution in [-0.4, -0.2) is 36.7 Å². The third-order valence-electron chi connectivity index (χ3n) is 4.15. The molecule has 1 atom stereocenters. The summed E-state index contributed by atoms with van der Waals surface area (Å²) >= 11 is 0. The Labute approximate surface area is 144 Å². The van der Waals surface area contributed by atoms with E-state index in [1.54, 1.807) is 38.4 Å². The van der Waals surface area contributed by atoms with Gasteiger partial charge in [0, 0.05) is 12.4 Å². The van der Waals surface area contributed by atoms with Gasteiger partial charge in [-0.3, -0.25) is 4.79 Å². The number of fused-ring (bicyclic) bond motifs is 1. The zero-order valence-electron chi connectivity index (χ0n) is 13.9. The number of benzene rings is 2. The van der Waals surface area contributed by atoms with Crippen molar-refractivity contribution in [3.05, 3.63) is 65.7 Å². The van der Waals surface area contributed by atoms with Crippen LogP contribution in [0.5, 0.6) is 5.75 Å². The van der Waals surface area contributed by atoms with Crippen LogP contribution in [-0.2, 0) is 0 Å². The van der Waals surface area contributed by atoms with Crippen molar-refractivity contribution in [2.75, 3.05) is 20.8 Å². The van der Waals surface area contributed by atoms with Gasteiger partial charge in [-0.1, -0.05) is 12.1 Å². The smallest absolute Gasteiger partial charge is 0.289 e. The summed E-state index contributed by atoms with van der Waals surface area (Å²) in [6.07, 6.45) is 0. The topological polar surface area (TPSA) is 62.9 Å². The minimum absolute atomic E-state index is 0.0926. The van der Waals surface area contributed by atoms with Gasteiger partial charge in [0.2, 0.25) is 0 Å². The molecule has 0 fully saturated rings. The maximum atomic E-state index is 13.3. The molecule has 6 heteroatoms. The number of rotatable bonds is 5. The first kappa shape index (κ1) is 17.0. The van der Waals surface area contributed by atoms with Gasteiger partial charge in [0.15, 0.2) is 5.76 Å². The molecule has 0 aliphatic carbocycles. The first-order chi connectivity index (χ1) is 12.0. The second-order valence-corrected chi connectivity index (χ2v) is 5.68. The minimum Gasteiger partial charge on any atom is -0.497 e. The first-order valence-electron chi connectivity index (χ1n) is 7.74. The van der Waals surface area contributed by atoms with Crippen LogP contribution in [0.3, 0.4) is 0 Å². The maximum absolute atomic E-state index is 13.3. The molecule has 3 rings (SSSR count). The fraction of sp³-hybridized carbons (Fsp3) is 0.211. The molecule has 1 heterocycles. The van der Waals surface area contributed by atoms with E-state index in [-0.39, 0.29) is 12.4 Å². The number of likely N-dealkylation sites (N-methyl/N-ethyl adjacent to an activating group) is 1. The van der Waals surface area contributed by atoms with Gasteiger partial charge in [-0.15, -0.1) is 0 Å². The van der Waals surface area contributed by atoms with Gasteiger partial charge >= 0.3 is 0 Å². The molecule has 0 saturated heterocycles. The predicted molar refractivity (Wildman–Crippen MR) is 91.1 cm³/mol. The SMILES string of the molecule is COc1ccc(C(CO)N(C)C(=O)c2cc3cc(F)ccc3o2)cc1. The lowest BCUT2D eigenvalue weighted by molar-refractivity contribution is 0.0629. The Morgan fingerprint density at radius 1 is 1.24 bits per heavy atom. The van der Waals surface area contributed by atoms with Crippen LogP contribution in [0.1, 0.15) is 22.2 Å². The molecular weight excluding hydrogens is 325 g/mol. The normalized spacial score (nSPS) is 12.2. The van der Waals surface area contributed by atoms with Crippen LogP contribution in [0.4, 0.5) is 4.39 Å². The highest BCUT2D eigenvalue weighted by molar-refractivity contribution is 5.96. The first-order valence-corrected chi connectivity index (χ1v) is 7.74. The van der Waals surface area contributed by atoms with Crippen molar-refractivity contribution < 1.29 is 23.4 Å². The minimum atomic E-state index is -0.539. The Balaban J connectivity index is 1.87. The molecule has 0 spiro atoms. The highest BCUT2D eigenvalue weighted by Gasteiger charge is 2.25. The standard InChI is InChI=1S/C19H18FNO4/c1-21(16(11-22)12-3-6-15(24-2)7-4-12)19(23)18-10-13-9-14(20)5-8-17(13)25-18/h3-10,16,22H,11H2,1-2H3. The highest BCUT2D eigenvalue weighted by Crippen LogP contribution is 2.26. The third kappa shape index (κ3) is 3.34. The molecule has 5 nitrogen and oxygen atoms in total. The average Bonchev–Trinajstić information content (AvgIpc) is 3.05. The molecule has 25 heavy (non-hydrogen) atoms. The molecule has 1 aromatic heterocycles. The van der Waals surface area contributed by atoms with E-state index in [0.717, 1.165) is 5.56 Å². The predicted octanol–water partition coefficient (Wildman–Crippen LogP) is 3.39. The Morgan fingerprint density at radius 3 is 2.60 bits per heavy atom. The summed E-state index contributed by atoms with van der Waals surface area (Å²) in [7, 11) is 3.15. The fourth-order valence-corrected chi connectivity index (χ4v) is 2.71. The van der Waals surface area contributed by atoms with Crippen molar-refractivity contribution in [1.82, 2.24) is 4.90 Å². The number of carbonyl (C=O) groups is 1. The third-order valence-corrected chi connectivity index (χ3v) is 4.15. The molecule has 0 aliphatic heterocycles. The van der Waals surface area contributed by atoms with Gasteiger partial charge in [-0.05, 0) is 42.0 Å². The maximum Gasteiger partial charge on any atom is 0.289 e. The van der Waals surface area contributed by atoms with Gasteiger partial charge in [0.1, 0.15) is 17.1 Å². The van der Waals surface area contributed by atoms with Gasteiger partial charge in [0.05, 0.1) is 19.8 Å². The number of halogens is 1. The largest absolute Gasteiger partial charge is 0.497 e. The second-order valence-electron chi connectivity index (χ2n) is 5.68. The van der Waals surface area contributed by atoms with Gasteiger partial charge < -0.3 is 19.2 Å². The molecule has 1 N–H and O–H groups in total. The number of methoxy groups -OCH3 is 1. The van der Waals surface area contributed by atoms with E-state index >= 15 is 0 Å². The van der Waals surface area contributed by atoms with Crippen molar-refractivity contribution in [2.24, 2.45) is 0 Å². The van der Waals surface area contributed by atoms with Crippen molar-refractivity contribution in [3.63, 3.8) is 0 Å². The van der Waals surface area contributed by atoms with Crippen LogP contribution < -0.4 is 4.74 Å². The van der Waals surface area contributed by atoms with Gasteiger partial charge in [0.25, 0.3) is 5.91 Å². The van der Waals surface area contributed by atoms with E-state index in [1.807, 2.05) is 0 Å². The van der Waals surface area contributed by atoms with E-state index in [0.29, 0.717) is 16.7 Å². The molecule has 130 valence electrons. The number of furan rings is 1. The Kier molecular flexibility index (Phi) is 4.72. The second kappa shape index (κ2) is 6.94. The molecule has 0 saturated carbocycles. The summed E-state index contributed by atoms with van der Waals surface area (Å²) in [6.45, 7) is -0.247. The quantitative estimate of drug-likeness (QED) is 0.771. The number of nitrogens with zero attached hydrogens (tertiary/aromatic N) is 1. The number of carbonyl (C=O) groups excluding carboxylic acids is 1. The molecule has 0 aliphatic rings.